The molecule has 2 aliphatic carbocycles. The van der Waals surface area contributed by atoms with E-state index in [4.69, 9.17) is 0 Å². The van der Waals surface area contributed by atoms with Gasteiger partial charge in [0.15, 0.2) is 0 Å². The number of fused-ring (bicyclic) bond motifs is 4. The van der Waals surface area contributed by atoms with Gasteiger partial charge in [-0.25, -0.2) is 4.90 Å². The molecule has 1 aromatic carbocycles. The minimum absolute atomic E-state index is 0.0528. The second kappa shape index (κ2) is 5.53. The van der Waals surface area contributed by atoms with Crippen molar-refractivity contribution in [1.29, 1.82) is 0 Å². The van der Waals surface area contributed by atoms with Crippen LogP contribution in [-0.2, 0) is 22.4 Å². The number of rotatable bonds is 1. The van der Waals surface area contributed by atoms with Crippen molar-refractivity contribution in [3.8, 4) is 0 Å². The second-order valence-corrected chi connectivity index (χ2v) is 7.18. The zero-order valence-corrected chi connectivity index (χ0v) is 14.2. The number of pyridine rings is 1. The molecule has 5 rings (SSSR count). The molecule has 1 aliphatic heterocycles. The number of hydrogen-bond donors (Lipinski definition) is 1. The van der Waals surface area contributed by atoms with Crippen LogP contribution in [0.4, 0.5) is 5.69 Å². The Labute approximate surface area is 150 Å². The van der Waals surface area contributed by atoms with Gasteiger partial charge in [-0.05, 0) is 43.4 Å². The van der Waals surface area contributed by atoms with Crippen molar-refractivity contribution in [1.82, 2.24) is 4.98 Å². The SMILES string of the molecule is O=C1C2C=CC=CC2C(=O)N1c1ccc2c3c(c(=O)[nH]c2c1)CCCC3. The molecule has 2 aromatic rings. The molecule has 2 amide bonds. The first kappa shape index (κ1) is 15.3. The van der Waals surface area contributed by atoms with Crippen molar-refractivity contribution in [2.24, 2.45) is 11.8 Å². The molecule has 0 spiro atoms. The van der Waals surface area contributed by atoms with Crippen LogP contribution in [0.25, 0.3) is 10.9 Å². The van der Waals surface area contributed by atoms with E-state index in [1.54, 1.807) is 30.4 Å². The Morgan fingerprint density at radius 1 is 0.885 bits per heavy atom. The van der Waals surface area contributed by atoms with Crippen LogP contribution in [0.1, 0.15) is 24.0 Å². The topological polar surface area (TPSA) is 70.2 Å². The Morgan fingerprint density at radius 3 is 2.23 bits per heavy atom. The lowest BCUT2D eigenvalue weighted by Crippen LogP contribution is -2.30. The molecule has 2 heterocycles. The molecule has 130 valence electrons. The summed E-state index contributed by atoms with van der Waals surface area (Å²) in [7, 11) is 0. The number of aromatic nitrogens is 1. The number of amides is 2. The van der Waals surface area contributed by atoms with E-state index in [0.29, 0.717) is 11.2 Å². The monoisotopic (exact) mass is 346 g/mol. The zero-order chi connectivity index (χ0) is 17.8. The third kappa shape index (κ3) is 2.06. The Morgan fingerprint density at radius 2 is 1.54 bits per heavy atom. The predicted molar refractivity (Wildman–Crippen MR) is 99.0 cm³/mol. The van der Waals surface area contributed by atoms with Gasteiger partial charge in [0.2, 0.25) is 11.8 Å². The molecule has 0 radical (unpaired) electrons. The fraction of sp³-hybridized carbons (Fsp3) is 0.286. The molecular formula is C21H18N2O3. The highest BCUT2D eigenvalue weighted by atomic mass is 16.2. The van der Waals surface area contributed by atoms with E-state index in [2.05, 4.69) is 4.98 Å². The second-order valence-electron chi connectivity index (χ2n) is 7.18. The fourth-order valence-corrected chi connectivity index (χ4v) is 4.43. The third-order valence-corrected chi connectivity index (χ3v) is 5.72. The molecule has 5 nitrogen and oxygen atoms in total. The maximum atomic E-state index is 12.7. The summed E-state index contributed by atoms with van der Waals surface area (Å²) in [5.41, 5.74) is 3.15. The van der Waals surface area contributed by atoms with Crippen LogP contribution >= 0.6 is 0 Å². The summed E-state index contributed by atoms with van der Waals surface area (Å²) < 4.78 is 0. The summed E-state index contributed by atoms with van der Waals surface area (Å²) in [5, 5.41) is 1.01. The summed E-state index contributed by atoms with van der Waals surface area (Å²) in [6, 6.07) is 5.50. The first-order valence-electron chi connectivity index (χ1n) is 9.06. The first-order valence-corrected chi connectivity index (χ1v) is 9.06. The van der Waals surface area contributed by atoms with Gasteiger partial charge in [-0.1, -0.05) is 30.4 Å². The minimum atomic E-state index is -0.425. The van der Waals surface area contributed by atoms with Crippen LogP contribution in [0.15, 0.2) is 47.3 Å². The Bertz CT molecular complexity index is 1050. The number of nitrogens with one attached hydrogen (secondary N) is 1. The van der Waals surface area contributed by atoms with Gasteiger partial charge < -0.3 is 4.98 Å². The maximum Gasteiger partial charge on any atom is 0.251 e. The molecule has 1 N–H and O–H groups in total. The quantitative estimate of drug-likeness (QED) is 0.807. The highest BCUT2D eigenvalue weighted by Gasteiger charge is 2.46. The van der Waals surface area contributed by atoms with Gasteiger partial charge in [0, 0.05) is 10.9 Å². The van der Waals surface area contributed by atoms with E-state index in [9.17, 15) is 14.4 Å². The van der Waals surface area contributed by atoms with Crippen molar-refractivity contribution < 1.29 is 9.59 Å². The molecule has 26 heavy (non-hydrogen) atoms. The molecule has 0 saturated carbocycles. The van der Waals surface area contributed by atoms with Crippen LogP contribution < -0.4 is 10.5 Å². The van der Waals surface area contributed by atoms with Crippen LogP contribution in [-0.4, -0.2) is 16.8 Å². The molecule has 0 bridgehead atoms. The number of carbonyl (C=O) groups is 2. The van der Waals surface area contributed by atoms with Crippen molar-refractivity contribution in [3.63, 3.8) is 0 Å². The van der Waals surface area contributed by atoms with E-state index in [1.807, 2.05) is 12.1 Å². The molecule has 1 saturated heterocycles. The van der Waals surface area contributed by atoms with E-state index < -0.39 is 11.8 Å². The van der Waals surface area contributed by atoms with Gasteiger partial charge in [-0.15, -0.1) is 0 Å². The molecule has 2 unspecified atom stereocenters. The Kier molecular flexibility index (Phi) is 3.26. The highest BCUT2D eigenvalue weighted by Crippen LogP contribution is 2.36. The molecular weight excluding hydrogens is 328 g/mol. The van der Waals surface area contributed by atoms with E-state index in [-0.39, 0.29) is 17.4 Å². The number of benzene rings is 1. The average Bonchev–Trinajstić information content (AvgIpc) is 2.93. The molecule has 1 aromatic heterocycles. The minimum Gasteiger partial charge on any atom is -0.322 e. The van der Waals surface area contributed by atoms with Crippen molar-refractivity contribution >= 4 is 28.4 Å². The number of hydrogen-bond acceptors (Lipinski definition) is 3. The summed E-state index contributed by atoms with van der Waals surface area (Å²) in [6.07, 6.45) is 11.0. The lowest BCUT2D eigenvalue weighted by molar-refractivity contribution is -0.122. The Balaban J connectivity index is 1.64. The number of aromatic amines is 1. The summed E-state index contributed by atoms with van der Waals surface area (Å²) in [4.78, 5) is 42.1. The van der Waals surface area contributed by atoms with Crippen molar-refractivity contribution in [2.45, 2.75) is 25.7 Å². The number of carbonyl (C=O) groups excluding carboxylic acids is 2. The van der Waals surface area contributed by atoms with Gasteiger partial charge in [0.05, 0.1) is 23.0 Å². The van der Waals surface area contributed by atoms with Crippen LogP contribution in [0, 0.1) is 11.8 Å². The number of imide groups is 1. The highest BCUT2D eigenvalue weighted by molar-refractivity contribution is 6.23. The lowest BCUT2D eigenvalue weighted by Gasteiger charge is -2.19. The lowest BCUT2D eigenvalue weighted by atomic mass is 9.90. The number of H-pyrrole nitrogens is 1. The van der Waals surface area contributed by atoms with Gasteiger partial charge >= 0.3 is 0 Å². The van der Waals surface area contributed by atoms with Crippen LogP contribution in [0.3, 0.4) is 0 Å². The average molecular weight is 346 g/mol. The van der Waals surface area contributed by atoms with E-state index in [0.717, 1.165) is 42.2 Å². The number of aryl methyl sites for hydroxylation is 1. The van der Waals surface area contributed by atoms with E-state index >= 15 is 0 Å². The third-order valence-electron chi connectivity index (χ3n) is 5.72. The zero-order valence-electron chi connectivity index (χ0n) is 14.2. The van der Waals surface area contributed by atoms with E-state index in [1.165, 1.54) is 4.90 Å². The Hall–Kier alpha value is -2.95. The van der Waals surface area contributed by atoms with Crippen LogP contribution in [0.5, 0.6) is 0 Å². The van der Waals surface area contributed by atoms with Crippen molar-refractivity contribution in [3.05, 3.63) is 64.0 Å². The van der Waals surface area contributed by atoms with Crippen molar-refractivity contribution in [2.75, 3.05) is 4.90 Å². The predicted octanol–water partition coefficient (Wildman–Crippen LogP) is 2.64. The summed E-state index contributed by atoms with van der Waals surface area (Å²) in [6.45, 7) is 0. The molecule has 3 aliphatic rings. The summed E-state index contributed by atoms with van der Waals surface area (Å²) >= 11 is 0. The fourth-order valence-electron chi connectivity index (χ4n) is 4.43. The van der Waals surface area contributed by atoms with Gasteiger partial charge in [0.1, 0.15) is 0 Å². The number of allylic oxidation sites excluding steroid dienone is 2. The maximum absolute atomic E-state index is 12.7. The molecule has 1 fully saturated rings. The largest absolute Gasteiger partial charge is 0.322 e. The smallest absolute Gasteiger partial charge is 0.251 e. The first-order chi connectivity index (χ1) is 12.6. The number of anilines is 1. The summed E-state index contributed by atoms with van der Waals surface area (Å²) in [5.74, 6) is -1.27. The van der Waals surface area contributed by atoms with Gasteiger partial charge in [-0.2, -0.15) is 0 Å². The molecule has 2 atom stereocenters. The number of nitrogens with zero attached hydrogens (tertiary/aromatic N) is 1. The standard InChI is InChI=1S/C21H18N2O3/c24-19-15-6-2-1-5-13(15)14-10-9-12(11-18(14)22-19)23-20(25)16-7-3-4-8-17(16)21(23)26/h3-4,7-11,16-17H,1-2,5-6H2,(H,22,24). The normalized spacial score (nSPS) is 24.2. The molecule has 5 heteroatoms. The van der Waals surface area contributed by atoms with Gasteiger partial charge in [-0.3, -0.25) is 14.4 Å². The van der Waals surface area contributed by atoms with Gasteiger partial charge in [0.25, 0.3) is 5.56 Å². The van der Waals surface area contributed by atoms with Crippen LogP contribution in [0.2, 0.25) is 0 Å².